The lowest BCUT2D eigenvalue weighted by molar-refractivity contribution is 0.159. The van der Waals surface area contributed by atoms with Crippen LogP contribution in [0.4, 0.5) is 0 Å². The quantitative estimate of drug-likeness (QED) is 0.433. The molecule has 0 bridgehead atoms. The molecule has 0 spiro atoms. The molecule has 0 aromatic carbocycles. The lowest BCUT2D eigenvalue weighted by Gasteiger charge is -2.33. The lowest BCUT2D eigenvalue weighted by atomic mass is 9.98. The summed E-state index contributed by atoms with van der Waals surface area (Å²) < 4.78 is 0. The SMILES string of the molecule is CCCCCCCC(CCCCCCC)N1CCCNCCC1. The first-order valence-electron chi connectivity index (χ1n) is 10.8. The third kappa shape index (κ3) is 11.2. The summed E-state index contributed by atoms with van der Waals surface area (Å²) in [6, 6.07) is 0.872. The van der Waals surface area contributed by atoms with E-state index in [1.165, 1.54) is 116 Å². The van der Waals surface area contributed by atoms with E-state index in [0.717, 1.165) is 6.04 Å². The van der Waals surface area contributed by atoms with Gasteiger partial charge in [0.1, 0.15) is 0 Å². The molecule has 0 aromatic heterocycles. The predicted molar refractivity (Wildman–Crippen MR) is 104 cm³/mol. The second-order valence-corrected chi connectivity index (χ2v) is 7.55. The molecule has 1 aliphatic rings. The molecular formula is C21H44N2. The molecule has 1 saturated heterocycles. The highest BCUT2D eigenvalue weighted by atomic mass is 15.2. The minimum atomic E-state index is 0.872. The first kappa shape index (κ1) is 21.0. The summed E-state index contributed by atoms with van der Waals surface area (Å²) >= 11 is 0. The fraction of sp³-hybridized carbons (Fsp3) is 1.00. The van der Waals surface area contributed by atoms with E-state index in [1.807, 2.05) is 0 Å². The normalized spacial score (nSPS) is 17.3. The topological polar surface area (TPSA) is 15.3 Å². The highest BCUT2D eigenvalue weighted by Crippen LogP contribution is 2.19. The summed E-state index contributed by atoms with van der Waals surface area (Å²) in [5.41, 5.74) is 0. The smallest absolute Gasteiger partial charge is 0.00952 e. The molecule has 0 atom stereocenters. The number of unbranched alkanes of at least 4 members (excludes halogenated alkanes) is 8. The summed E-state index contributed by atoms with van der Waals surface area (Å²) in [6.07, 6.45) is 19.9. The number of nitrogens with one attached hydrogen (secondary N) is 1. The molecular weight excluding hydrogens is 280 g/mol. The Morgan fingerprint density at radius 3 is 1.65 bits per heavy atom. The van der Waals surface area contributed by atoms with Crippen LogP contribution < -0.4 is 5.32 Å². The van der Waals surface area contributed by atoms with Crippen LogP contribution in [-0.4, -0.2) is 37.1 Å². The number of rotatable bonds is 13. The van der Waals surface area contributed by atoms with Crippen molar-refractivity contribution in [2.75, 3.05) is 26.2 Å². The molecule has 1 aliphatic heterocycles. The van der Waals surface area contributed by atoms with Crippen LogP contribution in [0.2, 0.25) is 0 Å². The van der Waals surface area contributed by atoms with Crippen molar-refractivity contribution >= 4 is 0 Å². The molecule has 0 saturated carbocycles. The number of hydrogen-bond acceptors (Lipinski definition) is 2. The summed E-state index contributed by atoms with van der Waals surface area (Å²) in [4.78, 5) is 2.85. The number of hydrogen-bond donors (Lipinski definition) is 1. The molecule has 2 nitrogen and oxygen atoms in total. The summed E-state index contributed by atoms with van der Waals surface area (Å²) in [5.74, 6) is 0. The van der Waals surface area contributed by atoms with Gasteiger partial charge in [0, 0.05) is 6.04 Å². The third-order valence-corrected chi connectivity index (χ3v) is 5.40. The van der Waals surface area contributed by atoms with Crippen molar-refractivity contribution in [3.63, 3.8) is 0 Å². The van der Waals surface area contributed by atoms with Crippen LogP contribution in [-0.2, 0) is 0 Å². The van der Waals surface area contributed by atoms with E-state index < -0.39 is 0 Å². The van der Waals surface area contributed by atoms with Crippen LogP contribution in [0.5, 0.6) is 0 Å². The molecule has 1 rings (SSSR count). The first-order valence-corrected chi connectivity index (χ1v) is 10.8. The maximum Gasteiger partial charge on any atom is 0.00952 e. The molecule has 1 N–H and O–H groups in total. The maximum atomic E-state index is 3.55. The van der Waals surface area contributed by atoms with Gasteiger partial charge in [-0.3, -0.25) is 0 Å². The van der Waals surface area contributed by atoms with Crippen molar-refractivity contribution in [2.24, 2.45) is 0 Å². The van der Waals surface area contributed by atoms with Gasteiger partial charge in [0.05, 0.1) is 0 Å². The zero-order valence-corrected chi connectivity index (χ0v) is 16.3. The van der Waals surface area contributed by atoms with Crippen LogP contribution in [0, 0.1) is 0 Å². The van der Waals surface area contributed by atoms with Gasteiger partial charge >= 0.3 is 0 Å². The van der Waals surface area contributed by atoms with E-state index in [4.69, 9.17) is 0 Å². The van der Waals surface area contributed by atoms with Crippen LogP contribution in [0.15, 0.2) is 0 Å². The minimum Gasteiger partial charge on any atom is -0.317 e. The van der Waals surface area contributed by atoms with Crippen molar-refractivity contribution in [1.82, 2.24) is 10.2 Å². The van der Waals surface area contributed by atoms with Crippen molar-refractivity contribution in [1.29, 1.82) is 0 Å². The maximum absolute atomic E-state index is 3.55. The van der Waals surface area contributed by atoms with E-state index in [1.54, 1.807) is 0 Å². The average Bonchev–Trinajstić information content (AvgIpc) is 2.53. The molecule has 138 valence electrons. The van der Waals surface area contributed by atoms with Crippen molar-refractivity contribution in [2.45, 2.75) is 110 Å². The zero-order chi connectivity index (χ0) is 16.6. The van der Waals surface area contributed by atoms with E-state index in [2.05, 4.69) is 24.1 Å². The molecule has 1 fully saturated rings. The van der Waals surface area contributed by atoms with Gasteiger partial charge in [-0.15, -0.1) is 0 Å². The largest absolute Gasteiger partial charge is 0.317 e. The Morgan fingerprint density at radius 2 is 1.17 bits per heavy atom. The van der Waals surface area contributed by atoms with Gasteiger partial charge in [-0.1, -0.05) is 78.1 Å². The van der Waals surface area contributed by atoms with Gasteiger partial charge < -0.3 is 10.2 Å². The Labute approximate surface area is 146 Å². The third-order valence-electron chi connectivity index (χ3n) is 5.40. The van der Waals surface area contributed by atoms with E-state index in [0.29, 0.717) is 0 Å². The second-order valence-electron chi connectivity index (χ2n) is 7.55. The molecule has 1 heterocycles. The zero-order valence-electron chi connectivity index (χ0n) is 16.3. The van der Waals surface area contributed by atoms with Crippen molar-refractivity contribution < 1.29 is 0 Å². The summed E-state index contributed by atoms with van der Waals surface area (Å²) in [6.45, 7) is 9.70. The fourth-order valence-corrected chi connectivity index (χ4v) is 3.89. The summed E-state index contributed by atoms with van der Waals surface area (Å²) in [5, 5.41) is 3.55. The standard InChI is InChI=1S/C21H44N2/c1-3-5-7-9-11-15-21(16-12-10-8-6-4-2)23-19-13-17-22-18-14-20-23/h21-22H,3-20H2,1-2H3. The van der Waals surface area contributed by atoms with E-state index in [-0.39, 0.29) is 0 Å². The van der Waals surface area contributed by atoms with Gasteiger partial charge in [-0.05, 0) is 51.9 Å². The monoisotopic (exact) mass is 324 g/mol. The van der Waals surface area contributed by atoms with Gasteiger partial charge in [-0.25, -0.2) is 0 Å². The Bertz CT molecular complexity index is 220. The lowest BCUT2D eigenvalue weighted by Crippen LogP contribution is -2.40. The fourth-order valence-electron chi connectivity index (χ4n) is 3.89. The van der Waals surface area contributed by atoms with Crippen molar-refractivity contribution in [3.05, 3.63) is 0 Å². The van der Waals surface area contributed by atoms with Crippen LogP contribution in [0.3, 0.4) is 0 Å². The van der Waals surface area contributed by atoms with Crippen molar-refractivity contribution in [3.8, 4) is 0 Å². The molecule has 0 aliphatic carbocycles. The predicted octanol–water partition coefficient (Wildman–Crippen LogP) is 5.76. The highest BCUT2D eigenvalue weighted by molar-refractivity contribution is 4.75. The molecule has 0 aromatic rings. The average molecular weight is 325 g/mol. The van der Waals surface area contributed by atoms with E-state index >= 15 is 0 Å². The molecule has 23 heavy (non-hydrogen) atoms. The van der Waals surface area contributed by atoms with E-state index in [9.17, 15) is 0 Å². The van der Waals surface area contributed by atoms with Crippen LogP contribution >= 0.6 is 0 Å². The Balaban J connectivity index is 2.32. The highest BCUT2D eigenvalue weighted by Gasteiger charge is 2.18. The van der Waals surface area contributed by atoms with Gasteiger partial charge in [0.25, 0.3) is 0 Å². The minimum absolute atomic E-state index is 0.872. The number of nitrogens with zero attached hydrogens (tertiary/aromatic N) is 1. The Morgan fingerprint density at radius 1 is 0.696 bits per heavy atom. The van der Waals surface area contributed by atoms with Gasteiger partial charge in [-0.2, -0.15) is 0 Å². The molecule has 2 heteroatoms. The van der Waals surface area contributed by atoms with Gasteiger partial charge in [0.15, 0.2) is 0 Å². The summed E-state index contributed by atoms with van der Waals surface area (Å²) in [7, 11) is 0. The molecule has 0 unspecified atom stereocenters. The van der Waals surface area contributed by atoms with Crippen LogP contribution in [0.1, 0.15) is 104 Å². The Hall–Kier alpha value is -0.0800. The second kappa shape index (κ2) is 15.4. The molecule has 0 amide bonds. The van der Waals surface area contributed by atoms with Crippen LogP contribution in [0.25, 0.3) is 0 Å². The Kier molecular flexibility index (Phi) is 14.1. The molecule has 0 radical (unpaired) electrons. The van der Waals surface area contributed by atoms with Gasteiger partial charge in [0.2, 0.25) is 0 Å². The first-order chi connectivity index (χ1) is 11.4.